The second-order valence-corrected chi connectivity index (χ2v) is 3.78. The molecule has 0 aliphatic heterocycles. The number of rotatable bonds is 6. The molecule has 0 radical (unpaired) electrons. The molecule has 0 heterocycles. The predicted molar refractivity (Wildman–Crippen MR) is 63.3 cm³/mol. The van der Waals surface area contributed by atoms with E-state index in [2.05, 4.69) is 0 Å². The Labute approximate surface area is 104 Å². The lowest BCUT2D eigenvalue weighted by molar-refractivity contribution is -0.137. The Balaban J connectivity index is 2.96. The van der Waals surface area contributed by atoms with E-state index in [1.165, 1.54) is 20.3 Å². The summed E-state index contributed by atoms with van der Waals surface area (Å²) in [5.41, 5.74) is 6.28. The van der Waals surface area contributed by atoms with Crippen molar-refractivity contribution in [1.29, 1.82) is 0 Å². The average molecular weight is 257 g/mol. The zero-order valence-corrected chi connectivity index (χ0v) is 10.3. The van der Waals surface area contributed by atoms with Crippen LogP contribution in [0.2, 0.25) is 0 Å². The van der Waals surface area contributed by atoms with Crippen molar-refractivity contribution in [3.63, 3.8) is 0 Å². The molecule has 0 aromatic heterocycles. The van der Waals surface area contributed by atoms with E-state index in [0.717, 1.165) is 0 Å². The van der Waals surface area contributed by atoms with E-state index in [0.29, 0.717) is 5.56 Å². The van der Waals surface area contributed by atoms with Gasteiger partial charge in [0.1, 0.15) is 0 Å². The highest BCUT2D eigenvalue weighted by Gasteiger charge is 2.16. The van der Waals surface area contributed by atoms with Crippen molar-refractivity contribution in [2.75, 3.05) is 14.2 Å². The van der Waals surface area contributed by atoms with Gasteiger partial charge in [-0.2, -0.15) is 0 Å². The van der Waals surface area contributed by atoms with Gasteiger partial charge in [-0.25, -0.2) is 4.39 Å². The molecule has 0 aliphatic rings. The molecule has 1 aromatic carbocycles. The molecule has 0 bridgehead atoms. The topological polar surface area (TPSA) is 81.8 Å². The van der Waals surface area contributed by atoms with Crippen LogP contribution in [0, 0.1) is 5.82 Å². The van der Waals surface area contributed by atoms with Gasteiger partial charge in [0.25, 0.3) is 0 Å². The molecule has 0 amide bonds. The summed E-state index contributed by atoms with van der Waals surface area (Å²) in [7, 11) is 2.73. The lowest BCUT2D eigenvalue weighted by Crippen LogP contribution is -2.13. The summed E-state index contributed by atoms with van der Waals surface area (Å²) < 4.78 is 23.5. The van der Waals surface area contributed by atoms with Crippen molar-refractivity contribution in [2.45, 2.75) is 18.9 Å². The van der Waals surface area contributed by atoms with E-state index in [1.54, 1.807) is 6.07 Å². The average Bonchev–Trinajstić information content (AvgIpc) is 2.34. The van der Waals surface area contributed by atoms with E-state index in [9.17, 15) is 9.18 Å². The highest BCUT2D eigenvalue weighted by Crippen LogP contribution is 2.33. The Hall–Kier alpha value is -1.82. The molecule has 0 saturated heterocycles. The van der Waals surface area contributed by atoms with Gasteiger partial charge >= 0.3 is 5.97 Å². The fraction of sp³-hybridized carbons (Fsp3) is 0.417. The second kappa shape index (κ2) is 6.20. The minimum absolute atomic E-state index is 0.00619. The third kappa shape index (κ3) is 3.33. The number of hydrogen-bond donors (Lipinski definition) is 2. The van der Waals surface area contributed by atoms with Crippen molar-refractivity contribution in [1.82, 2.24) is 0 Å². The van der Waals surface area contributed by atoms with Gasteiger partial charge in [-0.3, -0.25) is 4.79 Å². The Morgan fingerprint density at radius 2 is 2.11 bits per heavy atom. The Morgan fingerprint density at radius 1 is 1.44 bits per heavy atom. The van der Waals surface area contributed by atoms with E-state index in [4.69, 9.17) is 20.3 Å². The van der Waals surface area contributed by atoms with Crippen LogP contribution in [0.3, 0.4) is 0 Å². The maximum atomic E-state index is 13.7. The zero-order valence-electron chi connectivity index (χ0n) is 10.3. The largest absolute Gasteiger partial charge is 0.493 e. The molecule has 0 spiro atoms. The number of benzene rings is 1. The highest BCUT2D eigenvalue weighted by molar-refractivity contribution is 5.66. The first kappa shape index (κ1) is 14.2. The first-order valence-electron chi connectivity index (χ1n) is 5.38. The molecular weight excluding hydrogens is 241 g/mol. The molecular formula is C12H16FNO4. The number of carbonyl (C=O) groups is 1. The van der Waals surface area contributed by atoms with Crippen LogP contribution in [-0.2, 0) is 4.79 Å². The minimum atomic E-state index is -0.939. The molecule has 0 fully saturated rings. The number of carboxylic acids is 1. The van der Waals surface area contributed by atoms with E-state index in [-0.39, 0.29) is 24.3 Å². The molecule has 1 rings (SSSR count). The zero-order chi connectivity index (χ0) is 13.7. The monoisotopic (exact) mass is 257 g/mol. The van der Waals surface area contributed by atoms with Crippen molar-refractivity contribution in [3.05, 3.63) is 23.5 Å². The number of carboxylic acid groups (broad SMARTS) is 1. The number of halogens is 1. The van der Waals surface area contributed by atoms with Crippen LogP contribution in [0.4, 0.5) is 4.39 Å². The molecule has 0 saturated carbocycles. The Kier molecular flexibility index (Phi) is 4.91. The van der Waals surface area contributed by atoms with Crippen molar-refractivity contribution in [2.24, 2.45) is 5.73 Å². The fourth-order valence-electron chi connectivity index (χ4n) is 1.60. The van der Waals surface area contributed by atoms with Crippen LogP contribution in [0.15, 0.2) is 12.1 Å². The summed E-state index contributed by atoms with van der Waals surface area (Å²) in [6.45, 7) is 0. The quantitative estimate of drug-likeness (QED) is 0.810. The lowest BCUT2D eigenvalue weighted by atomic mass is 10.0. The number of ether oxygens (including phenoxy) is 2. The van der Waals surface area contributed by atoms with Gasteiger partial charge in [0, 0.05) is 12.5 Å². The summed E-state index contributed by atoms with van der Waals surface area (Å²) in [5.74, 6) is -1.28. The van der Waals surface area contributed by atoms with Gasteiger partial charge in [-0.15, -0.1) is 0 Å². The minimum Gasteiger partial charge on any atom is -0.493 e. The fourth-order valence-corrected chi connectivity index (χ4v) is 1.60. The van der Waals surface area contributed by atoms with Gasteiger partial charge in [-0.05, 0) is 24.1 Å². The van der Waals surface area contributed by atoms with Gasteiger partial charge < -0.3 is 20.3 Å². The third-order valence-corrected chi connectivity index (χ3v) is 2.55. The number of methoxy groups -OCH3 is 2. The molecule has 5 nitrogen and oxygen atoms in total. The summed E-state index contributed by atoms with van der Waals surface area (Å²) >= 11 is 0. The second-order valence-electron chi connectivity index (χ2n) is 3.78. The van der Waals surface area contributed by atoms with Crippen LogP contribution < -0.4 is 15.2 Å². The van der Waals surface area contributed by atoms with E-state index >= 15 is 0 Å². The van der Waals surface area contributed by atoms with Gasteiger partial charge in [-0.1, -0.05) is 0 Å². The molecule has 100 valence electrons. The smallest absolute Gasteiger partial charge is 0.303 e. The standard InChI is InChI=1S/C12H16FNO4/c1-17-10-6-7(5-8(13)12(10)18-2)9(14)3-4-11(15)16/h5-6,9H,3-4,14H2,1-2H3,(H,15,16). The van der Waals surface area contributed by atoms with Crippen molar-refractivity contribution < 1.29 is 23.8 Å². The van der Waals surface area contributed by atoms with Gasteiger partial charge in [0.05, 0.1) is 14.2 Å². The summed E-state index contributed by atoms with van der Waals surface area (Å²) in [6, 6.07) is 2.22. The Bertz CT molecular complexity index is 436. The summed E-state index contributed by atoms with van der Waals surface area (Å²) in [5, 5.41) is 8.57. The van der Waals surface area contributed by atoms with Gasteiger partial charge in [0.15, 0.2) is 17.3 Å². The van der Waals surface area contributed by atoms with E-state index < -0.39 is 17.8 Å². The molecule has 18 heavy (non-hydrogen) atoms. The number of aliphatic carboxylic acids is 1. The normalized spacial score (nSPS) is 12.0. The third-order valence-electron chi connectivity index (χ3n) is 2.55. The van der Waals surface area contributed by atoms with Crippen LogP contribution in [0.1, 0.15) is 24.4 Å². The van der Waals surface area contributed by atoms with Crippen molar-refractivity contribution in [3.8, 4) is 11.5 Å². The highest BCUT2D eigenvalue weighted by atomic mass is 19.1. The maximum Gasteiger partial charge on any atom is 0.303 e. The molecule has 1 atom stereocenters. The first-order valence-corrected chi connectivity index (χ1v) is 5.38. The van der Waals surface area contributed by atoms with Crippen LogP contribution in [0.25, 0.3) is 0 Å². The predicted octanol–water partition coefficient (Wildman–Crippen LogP) is 1.71. The summed E-state index contributed by atoms with van der Waals surface area (Å²) in [6.07, 6.45) is 0.154. The van der Waals surface area contributed by atoms with Crippen molar-refractivity contribution >= 4 is 5.97 Å². The van der Waals surface area contributed by atoms with E-state index in [1.807, 2.05) is 0 Å². The molecule has 6 heteroatoms. The molecule has 0 aliphatic carbocycles. The summed E-state index contributed by atoms with van der Waals surface area (Å²) in [4.78, 5) is 10.5. The molecule has 1 aromatic rings. The SMILES string of the molecule is COc1cc(C(N)CCC(=O)O)cc(F)c1OC. The van der Waals surface area contributed by atoms with Crippen LogP contribution in [-0.4, -0.2) is 25.3 Å². The molecule has 1 unspecified atom stereocenters. The van der Waals surface area contributed by atoms with Crippen LogP contribution >= 0.6 is 0 Å². The molecule has 3 N–H and O–H groups in total. The Morgan fingerprint density at radius 3 is 2.61 bits per heavy atom. The maximum absolute atomic E-state index is 13.7. The van der Waals surface area contributed by atoms with Crippen LogP contribution in [0.5, 0.6) is 11.5 Å². The lowest BCUT2D eigenvalue weighted by Gasteiger charge is -2.15. The number of nitrogens with two attached hydrogens (primary N) is 1. The van der Waals surface area contributed by atoms with Gasteiger partial charge in [0.2, 0.25) is 0 Å². The number of hydrogen-bond acceptors (Lipinski definition) is 4. The first-order chi connectivity index (χ1) is 8.49.